The molecule has 0 aliphatic heterocycles. The van der Waals surface area contributed by atoms with Gasteiger partial charge in [0.05, 0.1) is 6.42 Å². The van der Waals surface area contributed by atoms with Crippen LogP contribution in [0.15, 0.2) is 41.0 Å². The molecular weight excluding hydrogens is 284 g/mol. The highest BCUT2D eigenvalue weighted by atomic mass is 16.4. The number of carboxylic acid groups (broad SMARTS) is 1. The summed E-state index contributed by atoms with van der Waals surface area (Å²) in [5.74, 6) is -1.06. The van der Waals surface area contributed by atoms with Crippen molar-refractivity contribution in [2.24, 2.45) is 0 Å². The lowest BCUT2D eigenvalue weighted by Crippen LogP contribution is -2.47. The Labute approximate surface area is 128 Å². The first-order chi connectivity index (χ1) is 10.4. The molecule has 0 radical (unpaired) electrons. The van der Waals surface area contributed by atoms with Crippen LogP contribution in [0, 0.1) is 0 Å². The van der Waals surface area contributed by atoms with Gasteiger partial charge >= 0.3 is 5.97 Å². The number of rotatable bonds is 6. The van der Waals surface area contributed by atoms with Crippen LogP contribution in [0.4, 0.5) is 0 Å². The van der Waals surface area contributed by atoms with Gasteiger partial charge in [-0.15, -0.1) is 0 Å². The average molecular weight is 302 g/mol. The summed E-state index contributed by atoms with van der Waals surface area (Å²) in [6.07, 6.45) is 1.61. The second-order valence-corrected chi connectivity index (χ2v) is 5.34. The van der Waals surface area contributed by atoms with E-state index < -0.39 is 17.4 Å². The lowest BCUT2D eigenvalue weighted by Gasteiger charge is -2.27. The van der Waals surface area contributed by atoms with Crippen LogP contribution in [0.25, 0.3) is 11.5 Å². The summed E-state index contributed by atoms with van der Waals surface area (Å²) in [6.45, 7) is 3.51. The number of carbonyl (C=O) groups is 2. The van der Waals surface area contributed by atoms with E-state index in [2.05, 4.69) is 10.3 Å². The summed E-state index contributed by atoms with van der Waals surface area (Å²) in [5.41, 5.74) is 0.0728. The summed E-state index contributed by atoms with van der Waals surface area (Å²) in [7, 11) is 0. The van der Waals surface area contributed by atoms with Crippen LogP contribution >= 0.6 is 0 Å². The smallest absolute Gasteiger partial charge is 0.305 e. The Morgan fingerprint density at radius 2 is 2.00 bits per heavy atom. The van der Waals surface area contributed by atoms with Gasteiger partial charge < -0.3 is 14.8 Å². The Morgan fingerprint density at radius 1 is 1.32 bits per heavy atom. The first-order valence-corrected chi connectivity index (χ1v) is 6.99. The Kier molecular flexibility index (Phi) is 4.60. The van der Waals surface area contributed by atoms with E-state index in [9.17, 15) is 9.59 Å². The molecule has 116 valence electrons. The molecule has 1 aromatic carbocycles. The second kappa shape index (κ2) is 6.43. The molecule has 2 aromatic rings. The maximum Gasteiger partial charge on any atom is 0.305 e. The number of hydrogen-bond donors (Lipinski definition) is 2. The zero-order chi connectivity index (χ0) is 16.2. The molecule has 1 unspecified atom stereocenters. The van der Waals surface area contributed by atoms with Gasteiger partial charge in [-0.2, -0.15) is 0 Å². The van der Waals surface area contributed by atoms with E-state index >= 15 is 0 Å². The van der Waals surface area contributed by atoms with E-state index in [1.807, 2.05) is 37.3 Å². The van der Waals surface area contributed by atoms with E-state index in [0.717, 1.165) is 5.56 Å². The van der Waals surface area contributed by atoms with Crippen molar-refractivity contribution in [3.05, 3.63) is 42.3 Å². The number of carboxylic acids is 1. The Balaban J connectivity index is 2.14. The van der Waals surface area contributed by atoms with Crippen molar-refractivity contribution in [3.8, 4) is 11.5 Å². The van der Waals surface area contributed by atoms with Gasteiger partial charge in [-0.05, 0) is 25.5 Å². The van der Waals surface area contributed by atoms with Crippen LogP contribution in [0.5, 0.6) is 0 Å². The molecule has 2 rings (SSSR count). The first-order valence-electron chi connectivity index (χ1n) is 6.99. The van der Waals surface area contributed by atoms with Crippen LogP contribution in [-0.2, 0) is 4.79 Å². The van der Waals surface area contributed by atoms with Gasteiger partial charge in [-0.25, -0.2) is 4.98 Å². The molecule has 1 amide bonds. The fraction of sp³-hybridized carbons (Fsp3) is 0.312. The minimum absolute atomic E-state index is 0.129. The van der Waals surface area contributed by atoms with Gasteiger partial charge in [0.15, 0.2) is 5.69 Å². The van der Waals surface area contributed by atoms with Crippen molar-refractivity contribution in [2.45, 2.75) is 32.2 Å². The van der Waals surface area contributed by atoms with E-state index in [1.165, 1.54) is 6.26 Å². The summed E-state index contributed by atoms with van der Waals surface area (Å²) in [4.78, 5) is 27.3. The molecule has 0 saturated heterocycles. The second-order valence-electron chi connectivity index (χ2n) is 5.34. The molecule has 0 spiro atoms. The Bertz CT molecular complexity index is 666. The topological polar surface area (TPSA) is 92.4 Å². The predicted molar refractivity (Wildman–Crippen MR) is 80.4 cm³/mol. The fourth-order valence-corrected chi connectivity index (χ4v) is 2.02. The molecule has 1 atom stereocenters. The molecule has 0 fully saturated rings. The number of aliphatic carboxylic acids is 1. The number of oxazole rings is 1. The third kappa shape index (κ3) is 3.72. The normalized spacial score (nSPS) is 13.4. The molecule has 0 saturated carbocycles. The molecule has 1 aromatic heterocycles. The maximum absolute atomic E-state index is 12.2. The number of amides is 1. The Hall–Kier alpha value is -2.63. The minimum Gasteiger partial charge on any atom is -0.481 e. The predicted octanol–water partition coefficient (Wildman–Crippen LogP) is 2.71. The van der Waals surface area contributed by atoms with E-state index in [-0.39, 0.29) is 12.1 Å². The fourth-order valence-electron chi connectivity index (χ4n) is 2.02. The highest BCUT2D eigenvalue weighted by Gasteiger charge is 2.29. The van der Waals surface area contributed by atoms with Crippen molar-refractivity contribution in [1.82, 2.24) is 10.3 Å². The number of benzene rings is 1. The van der Waals surface area contributed by atoms with Crippen LogP contribution in [0.3, 0.4) is 0 Å². The number of hydrogen-bond acceptors (Lipinski definition) is 4. The van der Waals surface area contributed by atoms with Crippen molar-refractivity contribution < 1.29 is 19.1 Å². The largest absolute Gasteiger partial charge is 0.481 e. The van der Waals surface area contributed by atoms with Crippen molar-refractivity contribution in [2.75, 3.05) is 0 Å². The highest BCUT2D eigenvalue weighted by molar-refractivity contribution is 5.93. The molecule has 2 N–H and O–H groups in total. The molecule has 0 bridgehead atoms. The van der Waals surface area contributed by atoms with Gasteiger partial charge in [-0.1, -0.05) is 25.1 Å². The molecular formula is C16H18N2O4. The van der Waals surface area contributed by atoms with Gasteiger partial charge in [0.1, 0.15) is 6.26 Å². The van der Waals surface area contributed by atoms with Crippen LogP contribution in [0.2, 0.25) is 0 Å². The van der Waals surface area contributed by atoms with Crippen LogP contribution in [-0.4, -0.2) is 27.5 Å². The average Bonchev–Trinajstić information content (AvgIpc) is 2.97. The van der Waals surface area contributed by atoms with Crippen molar-refractivity contribution >= 4 is 11.9 Å². The number of carbonyl (C=O) groups excluding carboxylic acids is 1. The molecule has 0 aliphatic carbocycles. The first kappa shape index (κ1) is 15.8. The maximum atomic E-state index is 12.2. The monoisotopic (exact) mass is 302 g/mol. The van der Waals surface area contributed by atoms with Gasteiger partial charge in [-0.3, -0.25) is 9.59 Å². The SMILES string of the molecule is CCC(C)(CC(=O)O)NC(=O)c1coc(-c2ccccc2)n1. The number of nitrogens with zero attached hydrogens (tertiary/aromatic N) is 1. The number of aromatic nitrogens is 1. The van der Waals surface area contributed by atoms with Crippen molar-refractivity contribution in [1.29, 1.82) is 0 Å². The molecule has 0 aliphatic rings. The van der Waals surface area contributed by atoms with E-state index in [4.69, 9.17) is 9.52 Å². The summed E-state index contributed by atoms with van der Waals surface area (Å²) in [6, 6.07) is 9.22. The summed E-state index contributed by atoms with van der Waals surface area (Å²) < 4.78 is 5.31. The number of nitrogens with one attached hydrogen (secondary N) is 1. The standard InChI is InChI=1S/C16H18N2O4/c1-3-16(2,9-13(19)20)18-14(21)12-10-22-15(17-12)11-7-5-4-6-8-11/h4-8,10H,3,9H2,1-2H3,(H,18,21)(H,19,20). The Morgan fingerprint density at radius 3 is 2.59 bits per heavy atom. The van der Waals surface area contributed by atoms with Gasteiger partial charge in [0.25, 0.3) is 5.91 Å². The van der Waals surface area contributed by atoms with Crippen LogP contribution < -0.4 is 5.32 Å². The third-order valence-electron chi connectivity index (χ3n) is 3.49. The van der Waals surface area contributed by atoms with Gasteiger partial charge in [0.2, 0.25) is 5.89 Å². The summed E-state index contributed by atoms with van der Waals surface area (Å²) in [5, 5.41) is 11.6. The summed E-state index contributed by atoms with van der Waals surface area (Å²) >= 11 is 0. The van der Waals surface area contributed by atoms with Crippen LogP contribution in [0.1, 0.15) is 37.2 Å². The highest BCUT2D eigenvalue weighted by Crippen LogP contribution is 2.19. The van der Waals surface area contributed by atoms with Gasteiger partial charge in [0, 0.05) is 11.1 Å². The van der Waals surface area contributed by atoms with E-state index in [1.54, 1.807) is 6.92 Å². The van der Waals surface area contributed by atoms with Crippen molar-refractivity contribution in [3.63, 3.8) is 0 Å². The molecule has 6 nitrogen and oxygen atoms in total. The zero-order valence-electron chi connectivity index (χ0n) is 12.5. The molecule has 1 heterocycles. The third-order valence-corrected chi connectivity index (χ3v) is 3.49. The zero-order valence-corrected chi connectivity index (χ0v) is 12.5. The quantitative estimate of drug-likeness (QED) is 0.856. The van der Waals surface area contributed by atoms with E-state index in [0.29, 0.717) is 12.3 Å². The lowest BCUT2D eigenvalue weighted by atomic mass is 9.94. The molecule has 6 heteroatoms. The lowest BCUT2D eigenvalue weighted by molar-refractivity contribution is -0.138. The molecule has 22 heavy (non-hydrogen) atoms. The minimum atomic E-state index is -0.963.